The molecule has 0 saturated heterocycles. The monoisotopic (exact) mass is 284 g/mol. The zero-order chi connectivity index (χ0) is 13.3. The fourth-order valence-corrected chi connectivity index (χ4v) is 3.57. The number of H-pyrrole nitrogens is 1. The molecule has 2 rings (SSSR count). The van der Waals surface area contributed by atoms with Gasteiger partial charge in [0.15, 0.2) is 0 Å². The molecular formula is C13H20N2OS2. The van der Waals surface area contributed by atoms with Crippen molar-refractivity contribution in [1.29, 1.82) is 0 Å². The van der Waals surface area contributed by atoms with Crippen LogP contribution in [0.3, 0.4) is 0 Å². The summed E-state index contributed by atoms with van der Waals surface area (Å²) < 4.78 is 6.59. The van der Waals surface area contributed by atoms with Crippen molar-refractivity contribution in [2.24, 2.45) is 5.41 Å². The topological polar surface area (TPSA) is 37.9 Å². The quantitative estimate of drug-likeness (QED) is 0.851. The van der Waals surface area contributed by atoms with Gasteiger partial charge in [0.25, 0.3) is 0 Å². The smallest absolute Gasteiger partial charge is 0.137 e. The summed E-state index contributed by atoms with van der Waals surface area (Å²) in [7, 11) is 0. The summed E-state index contributed by atoms with van der Waals surface area (Å²) >= 11 is 7.27. The van der Waals surface area contributed by atoms with Crippen LogP contribution in [-0.2, 0) is 16.2 Å². The summed E-state index contributed by atoms with van der Waals surface area (Å²) in [6.45, 7) is 9.17. The molecule has 1 aliphatic heterocycles. The third kappa shape index (κ3) is 2.78. The molecule has 0 fully saturated rings. The number of aromatic nitrogens is 2. The van der Waals surface area contributed by atoms with Crippen LogP contribution in [-0.4, -0.2) is 16.6 Å². The van der Waals surface area contributed by atoms with Gasteiger partial charge in [0.1, 0.15) is 16.6 Å². The molecule has 0 saturated carbocycles. The number of hydrogen-bond acceptors (Lipinski definition) is 4. The molecule has 0 aromatic carbocycles. The van der Waals surface area contributed by atoms with E-state index in [0.717, 1.165) is 22.0 Å². The lowest BCUT2D eigenvalue weighted by atomic mass is 9.88. The molecule has 1 N–H and O–H groups in total. The lowest BCUT2D eigenvalue weighted by Gasteiger charge is -2.29. The third-order valence-electron chi connectivity index (χ3n) is 2.98. The highest BCUT2D eigenvalue weighted by atomic mass is 32.2. The average molecular weight is 284 g/mol. The van der Waals surface area contributed by atoms with Crippen LogP contribution in [0.5, 0.6) is 0 Å². The van der Waals surface area contributed by atoms with E-state index in [1.165, 1.54) is 11.3 Å². The summed E-state index contributed by atoms with van der Waals surface area (Å²) in [5, 5.41) is 0. The van der Waals surface area contributed by atoms with Gasteiger partial charge in [-0.1, -0.05) is 33.0 Å². The SMILES string of the molecule is CCOC(c1nc(=S)c2c([nH]1)CSC2)C(C)(C)C. The first-order valence-electron chi connectivity index (χ1n) is 6.24. The Morgan fingerprint density at radius 2 is 2.17 bits per heavy atom. The van der Waals surface area contributed by atoms with Gasteiger partial charge in [-0.25, -0.2) is 4.98 Å². The van der Waals surface area contributed by atoms with Crippen molar-refractivity contribution in [2.45, 2.75) is 45.3 Å². The Morgan fingerprint density at radius 1 is 1.44 bits per heavy atom. The first-order valence-corrected chi connectivity index (χ1v) is 7.81. The van der Waals surface area contributed by atoms with Crippen molar-refractivity contribution < 1.29 is 4.74 Å². The normalized spacial score (nSPS) is 16.7. The fraction of sp³-hybridized carbons (Fsp3) is 0.692. The highest BCUT2D eigenvalue weighted by Crippen LogP contribution is 2.36. The lowest BCUT2D eigenvalue weighted by molar-refractivity contribution is -0.0193. The molecule has 1 aliphatic rings. The molecule has 1 unspecified atom stereocenters. The maximum atomic E-state index is 5.86. The number of nitrogens with zero attached hydrogens (tertiary/aromatic N) is 1. The van der Waals surface area contributed by atoms with Crippen LogP contribution in [0.15, 0.2) is 0 Å². The molecule has 1 aromatic heterocycles. The van der Waals surface area contributed by atoms with Crippen molar-refractivity contribution in [2.75, 3.05) is 6.61 Å². The lowest BCUT2D eigenvalue weighted by Crippen LogP contribution is -2.24. The van der Waals surface area contributed by atoms with Crippen LogP contribution in [0.1, 0.15) is 50.9 Å². The van der Waals surface area contributed by atoms with E-state index >= 15 is 0 Å². The number of aromatic amines is 1. The van der Waals surface area contributed by atoms with Gasteiger partial charge in [-0.05, 0) is 12.3 Å². The summed E-state index contributed by atoms with van der Waals surface area (Å²) in [6.07, 6.45) is -0.0416. The average Bonchev–Trinajstić information content (AvgIpc) is 2.72. The van der Waals surface area contributed by atoms with Crippen LogP contribution < -0.4 is 0 Å². The highest BCUT2D eigenvalue weighted by Gasteiger charge is 2.30. The molecule has 0 radical (unpaired) electrons. The number of thioether (sulfide) groups is 1. The minimum Gasteiger partial charge on any atom is -0.370 e. The Hall–Kier alpha value is -0.390. The van der Waals surface area contributed by atoms with E-state index < -0.39 is 0 Å². The Kier molecular flexibility index (Phi) is 4.14. The van der Waals surface area contributed by atoms with Crippen molar-refractivity contribution in [3.05, 3.63) is 21.7 Å². The molecule has 3 nitrogen and oxygen atoms in total. The molecule has 5 heteroatoms. The van der Waals surface area contributed by atoms with Crippen LogP contribution in [0.4, 0.5) is 0 Å². The van der Waals surface area contributed by atoms with Crippen LogP contribution in [0.25, 0.3) is 0 Å². The number of fused-ring (bicyclic) bond motifs is 1. The minimum atomic E-state index is -0.0416. The Morgan fingerprint density at radius 3 is 2.78 bits per heavy atom. The minimum absolute atomic E-state index is 0.00126. The summed E-state index contributed by atoms with van der Waals surface area (Å²) in [5.41, 5.74) is 2.42. The molecule has 2 heterocycles. The third-order valence-corrected chi connectivity index (χ3v) is 4.31. The van der Waals surface area contributed by atoms with E-state index in [0.29, 0.717) is 6.61 Å². The second-order valence-corrected chi connectivity index (χ2v) is 6.95. The Labute approximate surface area is 118 Å². The maximum absolute atomic E-state index is 5.86. The summed E-state index contributed by atoms with van der Waals surface area (Å²) in [6, 6.07) is 0. The van der Waals surface area contributed by atoms with Crippen LogP contribution >= 0.6 is 24.0 Å². The largest absolute Gasteiger partial charge is 0.370 e. The second-order valence-electron chi connectivity index (χ2n) is 5.58. The number of hydrogen-bond donors (Lipinski definition) is 1. The maximum Gasteiger partial charge on any atom is 0.137 e. The molecular weight excluding hydrogens is 264 g/mol. The van der Waals surface area contributed by atoms with Crippen molar-refractivity contribution in [1.82, 2.24) is 9.97 Å². The first-order chi connectivity index (χ1) is 8.43. The van der Waals surface area contributed by atoms with E-state index in [1.54, 1.807) is 0 Å². The second kappa shape index (κ2) is 5.31. The van der Waals surface area contributed by atoms with E-state index in [9.17, 15) is 0 Å². The molecule has 18 heavy (non-hydrogen) atoms. The van der Waals surface area contributed by atoms with Gasteiger partial charge >= 0.3 is 0 Å². The van der Waals surface area contributed by atoms with Gasteiger partial charge in [-0.15, -0.1) is 0 Å². The van der Waals surface area contributed by atoms with Crippen LogP contribution in [0, 0.1) is 10.1 Å². The van der Waals surface area contributed by atoms with E-state index in [2.05, 4.69) is 30.7 Å². The Bertz CT molecular complexity index is 491. The summed E-state index contributed by atoms with van der Waals surface area (Å²) in [5.74, 6) is 2.85. The van der Waals surface area contributed by atoms with Crippen molar-refractivity contribution in [3.8, 4) is 0 Å². The standard InChI is InChI=1S/C13H20N2OS2/c1-5-16-10(13(2,3)4)11-14-9-7-18-6-8(9)12(17)15-11/h10H,5-7H2,1-4H3,(H,14,15,17). The number of rotatable bonds is 3. The van der Waals surface area contributed by atoms with E-state index in [4.69, 9.17) is 17.0 Å². The van der Waals surface area contributed by atoms with Crippen molar-refractivity contribution in [3.63, 3.8) is 0 Å². The van der Waals surface area contributed by atoms with Gasteiger partial charge < -0.3 is 9.72 Å². The van der Waals surface area contributed by atoms with Gasteiger partial charge in [-0.2, -0.15) is 11.8 Å². The fourth-order valence-electron chi connectivity index (χ4n) is 2.12. The van der Waals surface area contributed by atoms with Crippen molar-refractivity contribution >= 4 is 24.0 Å². The zero-order valence-electron chi connectivity index (χ0n) is 11.4. The molecule has 1 aromatic rings. The molecule has 0 spiro atoms. The van der Waals surface area contributed by atoms with Gasteiger partial charge in [-0.3, -0.25) is 0 Å². The molecule has 100 valence electrons. The molecule has 1 atom stereocenters. The number of nitrogens with one attached hydrogen (secondary N) is 1. The highest BCUT2D eigenvalue weighted by molar-refractivity contribution is 7.98. The number of ether oxygens (including phenoxy) is 1. The molecule has 0 aliphatic carbocycles. The predicted octanol–water partition coefficient (Wildman–Crippen LogP) is 4.01. The van der Waals surface area contributed by atoms with Gasteiger partial charge in [0.05, 0.1) is 0 Å². The van der Waals surface area contributed by atoms with Gasteiger partial charge in [0.2, 0.25) is 0 Å². The first kappa shape index (κ1) is 14.0. The molecule has 0 amide bonds. The zero-order valence-corrected chi connectivity index (χ0v) is 13.0. The molecule has 0 bridgehead atoms. The summed E-state index contributed by atoms with van der Waals surface area (Å²) in [4.78, 5) is 7.98. The predicted molar refractivity (Wildman–Crippen MR) is 78.2 cm³/mol. The van der Waals surface area contributed by atoms with Gasteiger partial charge in [0, 0.05) is 29.4 Å². The Balaban J connectivity index is 2.43. The van der Waals surface area contributed by atoms with Crippen LogP contribution in [0.2, 0.25) is 0 Å². The van der Waals surface area contributed by atoms with E-state index in [1.807, 2.05) is 18.7 Å². The van der Waals surface area contributed by atoms with E-state index in [-0.39, 0.29) is 11.5 Å².